The van der Waals surface area contributed by atoms with Gasteiger partial charge in [0, 0.05) is 40.2 Å². The third-order valence-electron chi connectivity index (χ3n) is 7.48. The number of nitrogens with one attached hydrogen (secondary N) is 1. The summed E-state index contributed by atoms with van der Waals surface area (Å²) < 4.78 is 37.7. The Hall–Kier alpha value is -5.46. The van der Waals surface area contributed by atoms with Crippen LogP contribution in [0.4, 0.5) is 10.5 Å². The molecule has 52 heavy (non-hydrogen) atoms. The van der Waals surface area contributed by atoms with Crippen LogP contribution in [-0.2, 0) is 62.6 Å². The van der Waals surface area contributed by atoms with Crippen molar-refractivity contribution in [3.05, 3.63) is 105 Å². The lowest BCUT2D eigenvalue weighted by molar-refractivity contribution is -0.144. The molecule has 0 spiro atoms. The summed E-state index contributed by atoms with van der Waals surface area (Å²) in [6.45, 7) is 7.47. The molecule has 0 fully saturated rings. The minimum absolute atomic E-state index is 0.0320. The van der Waals surface area contributed by atoms with E-state index in [1.54, 1.807) is 33.3 Å². The first-order valence-corrected chi connectivity index (χ1v) is 16.7. The third kappa shape index (κ3) is 14.8. The van der Waals surface area contributed by atoms with Gasteiger partial charge >= 0.3 is 24.0 Å². The van der Waals surface area contributed by atoms with Crippen LogP contribution in [0.5, 0.6) is 5.75 Å². The first-order chi connectivity index (χ1) is 25.0. The number of carbonyl (C=O) groups is 4. The van der Waals surface area contributed by atoms with Gasteiger partial charge in [-0.1, -0.05) is 43.3 Å². The Bertz CT molecular complexity index is 1710. The highest BCUT2D eigenvalue weighted by atomic mass is 16.6. The van der Waals surface area contributed by atoms with Crippen molar-refractivity contribution in [2.24, 2.45) is 0 Å². The number of anilines is 1. The molecule has 1 N–H and O–H groups in total. The molecule has 3 aromatic carbocycles. The SMILES string of the molecule is CCC(=O)OCc1cc(COC(=O)Nc2ccc(/C=C(/COC)COC(C)=O)cc2)c(C)c(COc2ccc(/C=C(/COC)COC(C)=O)cc2)c1. The molecule has 0 unspecified atom stereocenters. The fourth-order valence-corrected chi connectivity index (χ4v) is 4.82. The topological polar surface area (TPSA) is 145 Å². The minimum Gasteiger partial charge on any atom is -0.489 e. The summed E-state index contributed by atoms with van der Waals surface area (Å²) in [5, 5.41) is 2.73. The second-order valence-electron chi connectivity index (χ2n) is 11.8. The van der Waals surface area contributed by atoms with Crippen molar-refractivity contribution in [3.63, 3.8) is 0 Å². The van der Waals surface area contributed by atoms with Gasteiger partial charge in [-0.3, -0.25) is 19.7 Å². The van der Waals surface area contributed by atoms with Gasteiger partial charge < -0.3 is 33.2 Å². The summed E-state index contributed by atoms with van der Waals surface area (Å²) in [4.78, 5) is 47.1. The molecule has 3 rings (SSSR count). The van der Waals surface area contributed by atoms with Crippen molar-refractivity contribution >= 4 is 41.8 Å². The van der Waals surface area contributed by atoms with Crippen LogP contribution in [0.2, 0.25) is 0 Å². The fraction of sp³-hybridized carbons (Fsp3) is 0.350. The van der Waals surface area contributed by atoms with Gasteiger partial charge in [-0.05, 0) is 87.8 Å². The predicted molar refractivity (Wildman–Crippen MR) is 195 cm³/mol. The number of methoxy groups -OCH3 is 2. The molecule has 0 atom stereocenters. The van der Waals surface area contributed by atoms with Gasteiger partial charge in [-0.15, -0.1) is 0 Å². The average Bonchev–Trinajstić information content (AvgIpc) is 3.12. The second-order valence-corrected chi connectivity index (χ2v) is 11.8. The largest absolute Gasteiger partial charge is 0.489 e. The van der Waals surface area contributed by atoms with Crippen LogP contribution < -0.4 is 10.1 Å². The number of hydrogen-bond acceptors (Lipinski definition) is 11. The number of carbonyl (C=O) groups excluding carboxylic acids is 4. The van der Waals surface area contributed by atoms with Crippen LogP contribution >= 0.6 is 0 Å². The van der Waals surface area contributed by atoms with Gasteiger partial charge in [-0.25, -0.2) is 4.79 Å². The average molecular weight is 718 g/mol. The summed E-state index contributed by atoms with van der Waals surface area (Å²) in [7, 11) is 3.14. The summed E-state index contributed by atoms with van der Waals surface area (Å²) in [5.74, 6) is -0.442. The van der Waals surface area contributed by atoms with E-state index in [0.29, 0.717) is 24.7 Å². The maximum atomic E-state index is 12.8. The van der Waals surface area contributed by atoms with E-state index in [2.05, 4.69) is 5.32 Å². The molecule has 0 saturated carbocycles. The lowest BCUT2D eigenvalue weighted by Gasteiger charge is -2.16. The van der Waals surface area contributed by atoms with Gasteiger partial charge in [0.25, 0.3) is 0 Å². The summed E-state index contributed by atoms with van der Waals surface area (Å²) in [6, 6.07) is 18.3. The Balaban J connectivity index is 1.69. The van der Waals surface area contributed by atoms with Crippen molar-refractivity contribution in [2.75, 3.05) is 46.0 Å². The van der Waals surface area contributed by atoms with Gasteiger partial charge in [0.1, 0.15) is 38.8 Å². The Labute approximate surface area is 304 Å². The predicted octanol–water partition coefficient (Wildman–Crippen LogP) is 6.96. The van der Waals surface area contributed by atoms with Gasteiger partial charge in [0.2, 0.25) is 0 Å². The van der Waals surface area contributed by atoms with Crippen LogP contribution in [0.25, 0.3) is 12.2 Å². The summed E-state index contributed by atoms with van der Waals surface area (Å²) in [5.41, 5.74) is 7.01. The van der Waals surface area contributed by atoms with E-state index >= 15 is 0 Å². The standard InChI is InChI=1S/C40H47NO11/c1-7-39(44)51-22-32-18-35(25-50-38-14-10-31(11-15-38)17-34(21-47-6)24-49-29(4)43)27(2)36(19-32)26-52-40(45)41-37-12-8-30(9-13-37)16-33(20-46-5)23-48-28(3)42/h8-19H,7,20-26H2,1-6H3,(H,41,45)/b33-16-,34-17-. The van der Waals surface area contributed by atoms with E-state index in [0.717, 1.165) is 44.5 Å². The van der Waals surface area contributed by atoms with Crippen molar-refractivity contribution in [1.29, 1.82) is 0 Å². The van der Waals surface area contributed by atoms with Crippen molar-refractivity contribution in [2.45, 2.75) is 53.9 Å². The fourth-order valence-electron chi connectivity index (χ4n) is 4.82. The number of hydrogen-bond donors (Lipinski definition) is 1. The molecule has 0 aliphatic carbocycles. The highest BCUT2D eigenvalue weighted by Crippen LogP contribution is 2.23. The van der Waals surface area contributed by atoms with E-state index in [4.69, 9.17) is 33.2 Å². The van der Waals surface area contributed by atoms with Crippen molar-refractivity contribution in [1.82, 2.24) is 0 Å². The molecule has 1 amide bonds. The Morgan fingerprint density at radius 2 is 1.17 bits per heavy atom. The van der Waals surface area contributed by atoms with E-state index < -0.39 is 6.09 Å². The molecule has 0 heterocycles. The molecule has 12 heteroatoms. The molecular weight excluding hydrogens is 670 g/mol. The van der Waals surface area contributed by atoms with Crippen molar-refractivity contribution in [3.8, 4) is 5.75 Å². The first kappa shape index (κ1) is 41.0. The van der Waals surface area contributed by atoms with E-state index in [9.17, 15) is 19.2 Å². The highest BCUT2D eigenvalue weighted by Gasteiger charge is 2.13. The van der Waals surface area contributed by atoms with E-state index in [1.807, 2.05) is 67.6 Å². The quantitative estimate of drug-likeness (QED) is 0.101. The number of benzene rings is 3. The van der Waals surface area contributed by atoms with Crippen LogP contribution in [-0.4, -0.2) is 64.6 Å². The third-order valence-corrected chi connectivity index (χ3v) is 7.48. The zero-order valence-corrected chi connectivity index (χ0v) is 30.6. The maximum Gasteiger partial charge on any atom is 0.411 e. The van der Waals surface area contributed by atoms with Gasteiger partial charge in [-0.2, -0.15) is 0 Å². The molecule has 0 saturated heterocycles. The molecule has 278 valence electrons. The summed E-state index contributed by atoms with van der Waals surface area (Å²) in [6.07, 6.45) is 3.35. The maximum absolute atomic E-state index is 12.8. The van der Waals surface area contributed by atoms with E-state index in [1.165, 1.54) is 13.8 Å². The van der Waals surface area contributed by atoms with Crippen LogP contribution in [0.1, 0.15) is 60.6 Å². The zero-order valence-electron chi connectivity index (χ0n) is 30.6. The number of rotatable bonds is 19. The molecule has 0 bridgehead atoms. The zero-order chi connectivity index (χ0) is 37.9. The molecule has 0 aliphatic rings. The Kier molecular flexibility index (Phi) is 17.1. The lowest BCUT2D eigenvalue weighted by Crippen LogP contribution is -2.14. The molecule has 0 aromatic heterocycles. The Morgan fingerprint density at radius 1 is 0.654 bits per heavy atom. The minimum atomic E-state index is -0.645. The number of esters is 3. The Morgan fingerprint density at radius 3 is 1.67 bits per heavy atom. The van der Waals surface area contributed by atoms with Gasteiger partial charge in [0.15, 0.2) is 0 Å². The molecular formula is C40H47NO11. The normalized spacial score (nSPS) is 11.4. The molecule has 3 aromatic rings. The molecule has 0 radical (unpaired) electrons. The molecule has 0 aliphatic heterocycles. The first-order valence-electron chi connectivity index (χ1n) is 16.7. The second kappa shape index (κ2) is 21.7. The van der Waals surface area contributed by atoms with Crippen molar-refractivity contribution < 1.29 is 52.3 Å². The van der Waals surface area contributed by atoms with Crippen LogP contribution in [0, 0.1) is 6.92 Å². The number of amides is 1. The lowest BCUT2D eigenvalue weighted by atomic mass is 9.99. The number of ether oxygens (including phenoxy) is 7. The monoisotopic (exact) mass is 717 g/mol. The summed E-state index contributed by atoms with van der Waals surface area (Å²) >= 11 is 0. The molecule has 12 nitrogen and oxygen atoms in total. The van der Waals surface area contributed by atoms with E-state index in [-0.39, 0.29) is 57.4 Å². The van der Waals surface area contributed by atoms with Crippen LogP contribution in [0.3, 0.4) is 0 Å². The smallest absolute Gasteiger partial charge is 0.411 e. The highest BCUT2D eigenvalue weighted by molar-refractivity contribution is 5.84. The van der Waals surface area contributed by atoms with Crippen LogP contribution in [0.15, 0.2) is 71.8 Å². The van der Waals surface area contributed by atoms with Gasteiger partial charge in [0.05, 0.1) is 13.2 Å².